The molecule has 2 unspecified atom stereocenters. The largest absolute Gasteiger partial charge is 0.444 e. The van der Waals surface area contributed by atoms with E-state index < -0.39 is 5.41 Å². The third-order valence-electron chi connectivity index (χ3n) is 5.49. The number of hydrogen-bond acceptors (Lipinski definition) is 4. The molecule has 1 aliphatic heterocycles. The van der Waals surface area contributed by atoms with Gasteiger partial charge in [0, 0.05) is 23.3 Å². The molecule has 0 fully saturated rings. The molecule has 2 N–H and O–H groups in total. The third kappa shape index (κ3) is 1.98. The monoisotopic (exact) mass is 288 g/mol. The van der Waals surface area contributed by atoms with E-state index in [1.807, 2.05) is 27.7 Å². The molecule has 0 aromatic rings. The summed E-state index contributed by atoms with van der Waals surface area (Å²) in [4.78, 5) is 13.0. The number of ether oxygens (including phenoxy) is 1. The molecule has 0 bridgehead atoms. The predicted octanol–water partition coefficient (Wildman–Crippen LogP) is 3.26. The summed E-state index contributed by atoms with van der Waals surface area (Å²) >= 11 is 0. The summed E-state index contributed by atoms with van der Waals surface area (Å²) < 4.78 is 5.69. The number of carbonyl (C=O) groups excluding carboxylic acids is 1. The van der Waals surface area contributed by atoms with Crippen LogP contribution in [0.2, 0.25) is 0 Å². The molecule has 1 aliphatic carbocycles. The lowest BCUT2D eigenvalue weighted by Crippen LogP contribution is -2.46. The van der Waals surface area contributed by atoms with Crippen LogP contribution < -0.4 is 5.73 Å². The van der Waals surface area contributed by atoms with E-state index in [1.165, 1.54) is 0 Å². The Hall–Kier alpha value is -1.76. The minimum absolute atomic E-state index is 0.0805. The predicted molar refractivity (Wildman–Crippen MR) is 80.5 cm³/mol. The first-order chi connectivity index (χ1) is 9.57. The van der Waals surface area contributed by atoms with E-state index in [4.69, 9.17) is 10.5 Å². The van der Waals surface area contributed by atoms with Gasteiger partial charge in [-0.15, -0.1) is 0 Å². The Morgan fingerprint density at radius 2 is 1.95 bits per heavy atom. The SMILES string of the molecule is CC1C(=O)C2=C(CC1(C)C)OC(N)=C(C#N)C2(C)C(C)C. The van der Waals surface area contributed by atoms with Gasteiger partial charge in [-0.25, -0.2) is 0 Å². The maximum absolute atomic E-state index is 13.0. The van der Waals surface area contributed by atoms with E-state index in [9.17, 15) is 10.1 Å². The lowest BCUT2D eigenvalue weighted by Gasteiger charge is -2.46. The highest BCUT2D eigenvalue weighted by molar-refractivity contribution is 6.01. The van der Waals surface area contributed by atoms with Gasteiger partial charge < -0.3 is 10.5 Å². The van der Waals surface area contributed by atoms with Gasteiger partial charge in [0.1, 0.15) is 17.4 Å². The second-order valence-electron chi connectivity index (χ2n) is 7.36. The topological polar surface area (TPSA) is 76.1 Å². The van der Waals surface area contributed by atoms with Crippen molar-refractivity contribution in [3.63, 3.8) is 0 Å². The van der Waals surface area contributed by atoms with Crippen LogP contribution in [0, 0.1) is 34.0 Å². The highest BCUT2D eigenvalue weighted by Crippen LogP contribution is 2.54. The molecule has 21 heavy (non-hydrogen) atoms. The molecular weight excluding hydrogens is 264 g/mol. The number of nitrogens with two attached hydrogens (primary N) is 1. The summed E-state index contributed by atoms with van der Waals surface area (Å²) in [5, 5.41) is 9.49. The average Bonchev–Trinajstić information content (AvgIpc) is 2.35. The van der Waals surface area contributed by atoms with Crippen molar-refractivity contribution in [1.82, 2.24) is 0 Å². The Morgan fingerprint density at radius 3 is 2.43 bits per heavy atom. The molecule has 0 saturated heterocycles. The van der Waals surface area contributed by atoms with Gasteiger partial charge in [0.15, 0.2) is 5.78 Å². The highest BCUT2D eigenvalue weighted by Gasteiger charge is 2.52. The quantitative estimate of drug-likeness (QED) is 0.803. The number of ketones is 1. The second kappa shape index (κ2) is 4.62. The highest BCUT2D eigenvalue weighted by atomic mass is 16.5. The molecule has 2 rings (SSSR count). The zero-order chi connectivity index (χ0) is 16.2. The van der Waals surface area contributed by atoms with Gasteiger partial charge >= 0.3 is 0 Å². The first kappa shape index (κ1) is 15.6. The van der Waals surface area contributed by atoms with E-state index in [0.29, 0.717) is 23.3 Å². The molecule has 4 nitrogen and oxygen atoms in total. The van der Waals surface area contributed by atoms with E-state index in [0.717, 1.165) is 0 Å². The fourth-order valence-corrected chi connectivity index (χ4v) is 3.31. The number of rotatable bonds is 1. The van der Waals surface area contributed by atoms with Gasteiger partial charge in [-0.1, -0.05) is 34.6 Å². The molecule has 0 aromatic carbocycles. The van der Waals surface area contributed by atoms with Crippen molar-refractivity contribution in [3.05, 3.63) is 22.8 Å². The van der Waals surface area contributed by atoms with E-state index in [1.54, 1.807) is 0 Å². The Balaban J connectivity index is 2.71. The van der Waals surface area contributed by atoms with Crippen LogP contribution in [0.25, 0.3) is 0 Å². The fraction of sp³-hybridized carbons (Fsp3) is 0.647. The molecule has 0 radical (unpaired) electrons. The maximum atomic E-state index is 13.0. The van der Waals surface area contributed by atoms with Crippen LogP contribution in [0.15, 0.2) is 22.8 Å². The van der Waals surface area contributed by atoms with Gasteiger partial charge in [-0.2, -0.15) is 5.26 Å². The number of hydrogen-bond donors (Lipinski definition) is 1. The summed E-state index contributed by atoms with van der Waals surface area (Å²) in [6.07, 6.45) is 0.664. The van der Waals surface area contributed by atoms with Crippen molar-refractivity contribution < 1.29 is 9.53 Å². The van der Waals surface area contributed by atoms with Crippen LogP contribution in [-0.2, 0) is 9.53 Å². The van der Waals surface area contributed by atoms with Crippen molar-refractivity contribution in [2.24, 2.45) is 28.4 Å². The molecular formula is C17H24N2O2. The van der Waals surface area contributed by atoms with Gasteiger partial charge in [-0.05, 0) is 18.3 Å². The number of allylic oxidation sites excluding steroid dienone is 3. The lowest BCUT2D eigenvalue weighted by atomic mass is 9.58. The Bertz CT molecular complexity index is 605. The van der Waals surface area contributed by atoms with Gasteiger partial charge in [-0.3, -0.25) is 4.79 Å². The zero-order valence-corrected chi connectivity index (χ0v) is 13.7. The average molecular weight is 288 g/mol. The summed E-state index contributed by atoms with van der Waals surface area (Å²) in [6, 6.07) is 2.16. The summed E-state index contributed by atoms with van der Waals surface area (Å²) in [5.41, 5.74) is 6.15. The minimum Gasteiger partial charge on any atom is -0.444 e. The van der Waals surface area contributed by atoms with Gasteiger partial charge in [0.25, 0.3) is 0 Å². The molecule has 0 saturated carbocycles. The van der Waals surface area contributed by atoms with Gasteiger partial charge in [0.05, 0.1) is 0 Å². The van der Waals surface area contributed by atoms with Crippen LogP contribution in [0.4, 0.5) is 0 Å². The Morgan fingerprint density at radius 1 is 1.38 bits per heavy atom. The number of Topliss-reactive ketones (excluding diaryl/α,β-unsaturated/α-hetero) is 1. The molecule has 2 aliphatic rings. The minimum atomic E-state index is -0.672. The van der Waals surface area contributed by atoms with Crippen LogP contribution in [0.1, 0.15) is 48.0 Å². The second-order valence-corrected chi connectivity index (χ2v) is 7.36. The number of carbonyl (C=O) groups is 1. The van der Waals surface area contributed by atoms with Crippen molar-refractivity contribution >= 4 is 5.78 Å². The van der Waals surface area contributed by atoms with Crippen molar-refractivity contribution in [1.29, 1.82) is 5.26 Å². The molecule has 114 valence electrons. The summed E-state index contributed by atoms with van der Waals surface area (Å²) in [5.74, 6) is 0.855. The van der Waals surface area contributed by atoms with Crippen molar-refractivity contribution in [2.75, 3.05) is 0 Å². The van der Waals surface area contributed by atoms with E-state index in [2.05, 4.69) is 19.9 Å². The van der Waals surface area contributed by atoms with Crippen LogP contribution in [-0.4, -0.2) is 5.78 Å². The molecule has 2 atom stereocenters. The van der Waals surface area contributed by atoms with Crippen LogP contribution in [0.3, 0.4) is 0 Å². The van der Waals surface area contributed by atoms with Crippen LogP contribution in [0.5, 0.6) is 0 Å². The normalized spacial score (nSPS) is 31.9. The fourth-order valence-electron chi connectivity index (χ4n) is 3.31. The maximum Gasteiger partial charge on any atom is 0.205 e. The molecule has 0 spiro atoms. The standard InChI is InChI=1S/C17H24N2O2/c1-9(2)17(6)11(8-18)15(19)21-12-7-16(4,5)10(3)14(20)13(12)17/h9-10H,7,19H2,1-6H3. The first-order valence-electron chi connectivity index (χ1n) is 7.43. The molecule has 4 heteroatoms. The molecule has 0 aromatic heterocycles. The van der Waals surface area contributed by atoms with Crippen molar-refractivity contribution in [2.45, 2.75) is 48.0 Å². The zero-order valence-electron chi connectivity index (χ0n) is 13.7. The van der Waals surface area contributed by atoms with Crippen LogP contribution >= 0.6 is 0 Å². The summed E-state index contributed by atoms with van der Waals surface area (Å²) in [6.45, 7) is 12.0. The Labute approximate surface area is 126 Å². The third-order valence-corrected chi connectivity index (χ3v) is 5.49. The van der Waals surface area contributed by atoms with Crippen molar-refractivity contribution in [3.8, 4) is 6.07 Å². The number of nitriles is 1. The Kier molecular flexibility index (Phi) is 3.44. The molecule has 0 amide bonds. The first-order valence-corrected chi connectivity index (χ1v) is 7.43. The lowest BCUT2D eigenvalue weighted by molar-refractivity contribution is -0.125. The molecule has 1 heterocycles. The summed E-state index contributed by atoms with van der Waals surface area (Å²) in [7, 11) is 0. The number of nitrogens with zero attached hydrogens (tertiary/aromatic N) is 1. The van der Waals surface area contributed by atoms with E-state index >= 15 is 0 Å². The smallest absolute Gasteiger partial charge is 0.205 e. The van der Waals surface area contributed by atoms with E-state index in [-0.39, 0.29) is 28.9 Å². The van der Waals surface area contributed by atoms with Gasteiger partial charge in [0.2, 0.25) is 5.88 Å².